The van der Waals surface area contributed by atoms with Crippen LogP contribution in [0.4, 0.5) is 0 Å². The zero-order valence-electron chi connectivity index (χ0n) is 13.2. The van der Waals surface area contributed by atoms with Crippen LogP contribution in [0, 0.1) is 5.92 Å². The van der Waals surface area contributed by atoms with Crippen molar-refractivity contribution in [1.29, 1.82) is 0 Å². The van der Waals surface area contributed by atoms with Gasteiger partial charge in [0.05, 0.1) is 0 Å². The minimum atomic E-state index is 0.278. The average Bonchev–Trinajstić information content (AvgIpc) is 3.17. The molecule has 0 bridgehead atoms. The van der Waals surface area contributed by atoms with Crippen molar-refractivity contribution in [3.8, 4) is 0 Å². The lowest BCUT2D eigenvalue weighted by Crippen LogP contribution is -2.41. The summed E-state index contributed by atoms with van der Waals surface area (Å²) in [6, 6.07) is 1.06. The van der Waals surface area contributed by atoms with Crippen LogP contribution in [-0.2, 0) is 9.53 Å². The summed E-state index contributed by atoms with van der Waals surface area (Å²) in [5.74, 6) is 1.10. The van der Waals surface area contributed by atoms with Crippen LogP contribution >= 0.6 is 0 Å². The molecule has 1 saturated carbocycles. The first-order valence-electron chi connectivity index (χ1n) is 8.92. The summed E-state index contributed by atoms with van der Waals surface area (Å²) in [6.07, 6.45) is 10.7. The fourth-order valence-corrected chi connectivity index (χ4v) is 4.22. The molecule has 21 heavy (non-hydrogen) atoms. The highest BCUT2D eigenvalue weighted by Gasteiger charge is 2.30. The predicted molar refractivity (Wildman–Crippen MR) is 83.2 cm³/mol. The third-order valence-electron chi connectivity index (χ3n) is 5.55. The Bertz CT molecular complexity index is 336. The highest BCUT2D eigenvalue weighted by Crippen LogP contribution is 2.28. The van der Waals surface area contributed by atoms with Gasteiger partial charge in [0.2, 0.25) is 5.91 Å². The first kappa shape index (κ1) is 15.3. The lowest BCUT2D eigenvalue weighted by atomic mass is 10.0. The van der Waals surface area contributed by atoms with Gasteiger partial charge >= 0.3 is 0 Å². The molecule has 1 amide bonds. The number of carbonyl (C=O) groups is 1. The van der Waals surface area contributed by atoms with E-state index in [-0.39, 0.29) is 5.91 Å². The van der Waals surface area contributed by atoms with E-state index in [0.717, 1.165) is 64.3 Å². The lowest BCUT2D eigenvalue weighted by Gasteiger charge is -2.31. The fraction of sp³-hybridized carbons (Fsp3) is 0.941. The van der Waals surface area contributed by atoms with E-state index in [4.69, 9.17) is 4.74 Å². The Labute approximate surface area is 128 Å². The van der Waals surface area contributed by atoms with Crippen molar-refractivity contribution in [2.45, 2.75) is 69.9 Å². The third kappa shape index (κ3) is 4.43. The monoisotopic (exact) mass is 294 g/mol. The van der Waals surface area contributed by atoms with Gasteiger partial charge < -0.3 is 10.1 Å². The van der Waals surface area contributed by atoms with Crippen molar-refractivity contribution < 1.29 is 9.53 Å². The number of nitrogens with zero attached hydrogens (tertiary/aromatic N) is 1. The van der Waals surface area contributed by atoms with Crippen LogP contribution in [0.15, 0.2) is 0 Å². The maximum Gasteiger partial charge on any atom is 0.220 e. The van der Waals surface area contributed by atoms with E-state index in [9.17, 15) is 4.79 Å². The summed E-state index contributed by atoms with van der Waals surface area (Å²) in [5, 5.41) is 3.26. The van der Waals surface area contributed by atoms with Gasteiger partial charge in [-0.05, 0) is 31.6 Å². The molecular weight excluding hydrogens is 264 g/mol. The zero-order chi connectivity index (χ0) is 14.5. The molecule has 3 fully saturated rings. The minimum Gasteiger partial charge on any atom is -0.381 e. The Morgan fingerprint density at radius 2 is 1.86 bits per heavy atom. The molecule has 3 rings (SSSR count). The number of hydrogen-bond acceptors (Lipinski definition) is 3. The van der Waals surface area contributed by atoms with Crippen molar-refractivity contribution >= 4 is 5.91 Å². The summed E-state index contributed by atoms with van der Waals surface area (Å²) in [6.45, 7) is 3.98. The number of likely N-dealkylation sites (tertiary alicyclic amines) is 1. The lowest BCUT2D eigenvalue weighted by molar-refractivity contribution is -0.122. The molecular formula is C17H30N2O2. The Morgan fingerprint density at radius 3 is 2.62 bits per heavy atom. The van der Waals surface area contributed by atoms with E-state index < -0.39 is 0 Å². The number of hydrogen-bond donors (Lipinski definition) is 1. The van der Waals surface area contributed by atoms with Crippen LogP contribution in [0.2, 0.25) is 0 Å². The van der Waals surface area contributed by atoms with Crippen LogP contribution in [-0.4, -0.2) is 49.2 Å². The number of carbonyl (C=O) groups excluding carboxylic acids is 1. The molecule has 1 atom stereocenters. The van der Waals surface area contributed by atoms with Crippen LogP contribution in [0.5, 0.6) is 0 Å². The molecule has 0 spiro atoms. The minimum absolute atomic E-state index is 0.278. The summed E-state index contributed by atoms with van der Waals surface area (Å²) >= 11 is 0. The summed E-state index contributed by atoms with van der Waals surface area (Å²) in [5.41, 5.74) is 0. The third-order valence-corrected chi connectivity index (χ3v) is 5.55. The first-order chi connectivity index (χ1) is 10.3. The van der Waals surface area contributed by atoms with E-state index in [1.165, 1.54) is 25.7 Å². The Hall–Kier alpha value is -0.610. The standard InChI is InChI=1S/C17H30N2O2/c20-17(6-5-14-3-1-2-4-14)18-15-7-10-19(13-15)16-8-11-21-12-9-16/h14-16H,1-13H2,(H,18,20). The van der Waals surface area contributed by atoms with Crippen molar-refractivity contribution in [3.63, 3.8) is 0 Å². The van der Waals surface area contributed by atoms with E-state index in [0.29, 0.717) is 12.1 Å². The van der Waals surface area contributed by atoms with E-state index >= 15 is 0 Å². The molecule has 0 radical (unpaired) electrons. The van der Waals surface area contributed by atoms with Gasteiger partial charge in [-0.2, -0.15) is 0 Å². The molecule has 1 unspecified atom stereocenters. The van der Waals surface area contributed by atoms with E-state index in [1.54, 1.807) is 0 Å². The van der Waals surface area contributed by atoms with Gasteiger partial charge in [-0.3, -0.25) is 9.69 Å². The van der Waals surface area contributed by atoms with Crippen molar-refractivity contribution in [2.75, 3.05) is 26.3 Å². The zero-order valence-corrected chi connectivity index (χ0v) is 13.2. The molecule has 120 valence electrons. The van der Waals surface area contributed by atoms with E-state index in [2.05, 4.69) is 10.2 Å². The van der Waals surface area contributed by atoms with Crippen LogP contribution < -0.4 is 5.32 Å². The topological polar surface area (TPSA) is 41.6 Å². The number of rotatable bonds is 5. The maximum absolute atomic E-state index is 12.1. The van der Waals surface area contributed by atoms with Crippen LogP contribution in [0.1, 0.15) is 57.8 Å². The normalized spacial score (nSPS) is 29.0. The smallest absolute Gasteiger partial charge is 0.220 e. The second kappa shape index (κ2) is 7.59. The highest BCUT2D eigenvalue weighted by molar-refractivity contribution is 5.76. The van der Waals surface area contributed by atoms with E-state index in [1.807, 2.05) is 0 Å². The number of amides is 1. The fourth-order valence-electron chi connectivity index (χ4n) is 4.22. The summed E-state index contributed by atoms with van der Waals surface area (Å²) in [7, 11) is 0. The van der Waals surface area contributed by atoms with Gasteiger partial charge in [0.1, 0.15) is 0 Å². The molecule has 3 aliphatic rings. The first-order valence-corrected chi connectivity index (χ1v) is 8.92. The van der Waals surface area contributed by atoms with Gasteiger partial charge in [0, 0.05) is 44.8 Å². The molecule has 0 aromatic carbocycles. The average molecular weight is 294 g/mol. The molecule has 4 heteroatoms. The quantitative estimate of drug-likeness (QED) is 0.846. The largest absolute Gasteiger partial charge is 0.381 e. The predicted octanol–water partition coefficient (Wildman–Crippen LogP) is 2.33. The molecule has 1 aliphatic carbocycles. The molecule has 2 aliphatic heterocycles. The van der Waals surface area contributed by atoms with Crippen molar-refractivity contribution in [1.82, 2.24) is 10.2 Å². The van der Waals surface area contributed by atoms with Gasteiger partial charge in [0.15, 0.2) is 0 Å². The van der Waals surface area contributed by atoms with Gasteiger partial charge in [-0.1, -0.05) is 25.7 Å². The van der Waals surface area contributed by atoms with Gasteiger partial charge in [-0.15, -0.1) is 0 Å². The number of ether oxygens (including phenoxy) is 1. The second-order valence-corrected chi connectivity index (χ2v) is 7.08. The molecule has 4 nitrogen and oxygen atoms in total. The summed E-state index contributed by atoms with van der Waals surface area (Å²) < 4.78 is 5.43. The molecule has 0 aromatic heterocycles. The highest BCUT2D eigenvalue weighted by atomic mass is 16.5. The van der Waals surface area contributed by atoms with Gasteiger partial charge in [-0.25, -0.2) is 0 Å². The molecule has 0 aromatic rings. The Morgan fingerprint density at radius 1 is 1.10 bits per heavy atom. The Balaban J connectivity index is 1.34. The molecule has 2 saturated heterocycles. The summed E-state index contributed by atoms with van der Waals surface area (Å²) in [4.78, 5) is 14.6. The van der Waals surface area contributed by atoms with Crippen LogP contribution in [0.3, 0.4) is 0 Å². The van der Waals surface area contributed by atoms with Crippen LogP contribution in [0.25, 0.3) is 0 Å². The second-order valence-electron chi connectivity index (χ2n) is 7.08. The van der Waals surface area contributed by atoms with Crippen molar-refractivity contribution in [2.24, 2.45) is 5.92 Å². The Kier molecular flexibility index (Phi) is 5.53. The van der Waals surface area contributed by atoms with Crippen molar-refractivity contribution in [3.05, 3.63) is 0 Å². The maximum atomic E-state index is 12.1. The molecule has 2 heterocycles. The van der Waals surface area contributed by atoms with Gasteiger partial charge in [0.25, 0.3) is 0 Å². The molecule has 1 N–H and O–H groups in total. The number of nitrogens with one attached hydrogen (secondary N) is 1. The SMILES string of the molecule is O=C(CCC1CCCC1)NC1CCN(C2CCOCC2)C1.